The highest BCUT2D eigenvalue weighted by molar-refractivity contribution is 5.75. The van der Waals surface area contributed by atoms with Crippen molar-refractivity contribution < 1.29 is 9.53 Å². The lowest BCUT2D eigenvalue weighted by Crippen LogP contribution is -2.28. The maximum atomic E-state index is 12.0. The van der Waals surface area contributed by atoms with E-state index >= 15 is 0 Å². The number of carbonyl (C=O) groups is 1. The van der Waals surface area contributed by atoms with E-state index in [9.17, 15) is 4.79 Å². The molecule has 0 amide bonds. The van der Waals surface area contributed by atoms with Gasteiger partial charge in [-0.25, -0.2) is 9.67 Å². The summed E-state index contributed by atoms with van der Waals surface area (Å²) in [6.45, 7) is 8.49. The summed E-state index contributed by atoms with van der Waals surface area (Å²) in [4.78, 5) is 16.4. The summed E-state index contributed by atoms with van der Waals surface area (Å²) in [5.74, 6) is 0.340. The molecule has 0 saturated heterocycles. The number of carbonyl (C=O) groups excluding carboxylic acids is 1. The van der Waals surface area contributed by atoms with Crippen molar-refractivity contribution in [2.45, 2.75) is 59.9 Å². The Bertz CT molecular complexity index is 1390. The number of ether oxygens (including phenoxy) is 1. The van der Waals surface area contributed by atoms with Gasteiger partial charge < -0.3 is 10.1 Å². The zero-order valence-corrected chi connectivity index (χ0v) is 22.0. The van der Waals surface area contributed by atoms with E-state index < -0.39 is 5.41 Å². The molecule has 1 N–H and O–H groups in total. The van der Waals surface area contributed by atoms with Crippen molar-refractivity contribution in [3.05, 3.63) is 95.3 Å². The van der Waals surface area contributed by atoms with Crippen LogP contribution in [-0.2, 0) is 35.6 Å². The lowest BCUT2D eigenvalue weighted by molar-refractivity contribution is -0.157. The summed E-state index contributed by atoms with van der Waals surface area (Å²) in [7, 11) is 0. The fourth-order valence-electron chi connectivity index (χ4n) is 4.77. The van der Waals surface area contributed by atoms with Gasteiger partial charge in [0, 0.05) is 18.2 Å². The summed E-state index contributed by atoms with van der Waals surface area (Å²) in [5, 5.41) is 8.24. The van der Waals surface area contributed by atoms with Gasteiger partial charge in [-0.05, 0) is 86.1 Å². The molecule has 0 radical (unpaired) electrons. The van der Waals surface area contributed by atoms with Gasteiger partial charge in [-0.1, -0.05) is 54.6 Å². The van der Waals surface area contributed by atoms with Crippen LogP contribution < -0.4 is 5.32 Å². The second kappa shape index (κ2) is 10.3. The molecule has 0 unspecified atom stereocenters. The Labute approximate surface area is 218 Å². The minimum atomic E-state index is -0.550. The molecule has 6 heteroatoms. The molecule has 0 aliphatic heterocycles. The average molecular weight is 495 g/mol. The van der Waals surface area contributed by atoms with E-state index in [0.717, 1.165) is 30.5 Å². The number of nitrogens with one attached hydrogen (secondary N) is 1. The van der Waals surface area contributed by atoms with Gasteiger partial charge in [0.15, 0.2) is 12.6 Å². The topological polar surface area (TPSA) is 69.0 Å². The first-order chi connectivity index (χ1) is 17.8. The molecule has 0 spiro atoms. The molecule has 190 valence electrons. The van der Waals surface area contributed by atoms with Crippen molar-refractivity contribution in [3.63, 3.8) is 0 Å². The third kappa shape index (κ3) is 5.81. The van der Waals surface area contributed by atoms with Gasteiger partial charge in [0.2, 0.25) is 0 Å². The Hall–Kier alpha value is -3.77. The molecule has 0 fully saturated rings. The lowest BCUT2D eigenvalue weighted by Gasteiger charge is -2.16. The Balaban J connectivity index is 1.23. The number of aryl methyl sites for hydroxylation is 1. The van der Waals surface area contributed by atoms with Crippen molar-refractivity contribution in [2.24, 2.45) is 5.41 Å². The van der Waals surface area contributed by atoms with Crippen LogP contribution in [0.5, 0.6) is 0 Å². The number of hydrogen-bond donors (Lipinski definition) is 1. The Morgan fingerprint density at radius 2 is 1.76 bits per heavy atom. The van der Waals surface area contributed by atoms with Gasteiger partial charge in [-0.15, -0.1) is 5.10 Å². The quantitative estimate of drug-likeness (QED) is 0.333. The molecule has 1 heterocycles. The van der Waals surface area contributed by atoms with Crippen LogP contribution >= 0.6 is 0 Å². The standard InChI is InChI=1S/C31H34N4O2/c1-21-14-26(29-33-19-35(34-29)20-37-30(36)31(2,3)4)12-13-28(21)25-11-7-8-22(15-25)18-32-27-16-23-9-5-6-10-24(23)17-27/h5-15,19,27,32H,16-18,20H2,1-4H3. The van der Waals surface area contributed by atoms with Crippen molar-refractivity contribution in [3.8, 4) is 22.5 Å². The average Bonchev–Trinajstić information content (AvgIpc) is 3.52. The molecule has 3 aromatic carbocycles. The number of benzene rings is 3. The van der Waals surface area contributed by atoms with E-state index in [2.05, 4.69) is 83.0 Å². The Morgan fingerprint density at radius 1 is 1.00 bits per heavy atom. The lowest BCUT2D eigenvalue weighted by atomic mass is 9.97. The molecular weight excluding hydrogens is 460 g/mol. The molecule has 37 heavy (non-hydrogen) atoms. The second-order valence-corrected chi connectivity index (χ2v) is 10.9. The number of fused-ring (bicyclic) bond motifs is 1. The Kier molecular flexibility index (Phi) is 6.94. The fraction of sp³-hybridized carbons (Fsp3) is 0.323. The van der Waals surface area contributed by atoms with E-state index in [-0.39, 0.29) is 12.7 Å². The third-order valence-electron chi connectivity index (χ3n) is 6.85. The molecule has 1 aliphatic carbocycles. The van der Waals surface area contributed by atoms with E-state index in [1.54, 1.807) is 11.0 Å². The number of aromatic nitrogens is 3. The molecule has 4 aromatic rings. The van der Waals surface area contributed by atoms with Gasteiger partial charge in [0.05, 0.1) is 5.41 Å². The minimum absolute atomic E-state index is 0.0495. The normalized spacial score (nSPS) is 13.5. The first kappa shape index (κ1) is 24.9. The van der Waals surface area contributed by atoms with Crippen LogP contribution in [0.4, 0.5) is 0 Å². The smallest absolute Gasteiger partial charge is 0.313 e. The van der Waals surface area contributed by atoms with Gasteiger partial charge >= 0.3 is 5.97 Å². The highest BCUT2D eigenvalue weighted by Crippen LogP contribution is 2.28. The van der Waals surface area contributed by atoms with Crippen LogP contribution in [0.25, 0.3) is 22.5 Å². The van der Waals surface area contributed by atoms with Crippen LogP contribution in [-0.4, -0.2) is 26.8 Å². The van der Waals surface area contributed by atoms with Gasteiger partial charge in [0.1, 0.15) is 6.33 Å². The SMILES string of the molecule is Cc1cc(-c2ncn(COC(=O)C(C)(C)C)n2)ccc1-c1cccc(CNC2Cc3ccccc3C2)c1. The van der Waals surface area contributed by atoms with Crippen molar-refractivity contribution in [1.82, 2.24) is 20.1 Å². The van der Waals surface area contributed by atoms with E-state index in [0.29, 0.717) is 11.9 Å². The second-order valence-electron chi connectivity index (χ2n) is 10.9. The fourth-order valence-corrected chi connectivity index (χ4v) is 4.77. The van der Waals surface area contributed by atoms with E-state index in [1.165, 1.54) is 27.8 Å². The van der Waals surface area contributed by atoms with Gasteiger partial charge in [-0.2, -0.15) is 0 Å². The van der Waals surface area contributed by atoms with E-state index in [4.69, 9.17) is 4.74 Å². The van der Waals surface area contributed by atoms with Crippen molar-refractivity contribution in [1.29, 1.82) is 0 Å². The van der Waals surface area contributed by atoms with Crippen molar-refractivity contribution in [2.75, 3.05) is 0 Å². The maximum absolute atomic E-state index is 12.0. The third-order valence-corrected chi connectivity index (χ3v) is 6.85. The predicted molar refractivity (Wildman–Crippen MR) is 146 cm³/mol. The van der Waals surface area contributed by atoms with Gasteiger partial charge in [-0.3, -0.25) is 4.79 Å². The molecular formula is C31H34N4O2. The van der Waals surface area contributed by atoms with Crippen LogP contribution in [0.1, 0.15) is 43.0 Å². The number of hydrogen-bond acceptors (Lipinski definition) is 5. The maximum Gasteiger partial charge on any atom is 0.313 e. The van der Waals surface area contributed by atoms with E-state index in [1.807, 2.05) is 26.8 Å². The first-order valence-corrected chi connectivity index (χ1v) is 12.8. The summed E-state index contributed by atoms with van der Waals surface area (Å²) in [6, 6.07) is 24.3. The zero-order valence-electron chi connectivity index (χ0n) is 22.0. The van der Waals surface area contributed by atoms with Gasteiger partial charge in [0.25, 0.3) is 0 Å². The number of nitrogens with zero attached hydrogens (tertiary/aromatic N) is 3. The number of esters is 1. The molecule has 1 aliphatic rings. The summed E-state index contributed by atoms with van der Waals surface area (Å²) >= 11 is 0. The minimum Gasteiger partial charge on any atom is -0.442 e. The zero-order chi connectivity index (χ0) is 26.0. The highest BCUT2D eigenvalue weighted by Gasteiger charge is 2.23. The Morgan fingerprint density at radius 3 is 2.46 bits per heavy atom. The van der Waals surface area contributed by atoms with Crippen LogP contribution in [0.3, 0.4) is 0 Å². The van der Waals surface area contributed by atoms with Crippen LogP contribution in [0, 0.1) is 12.3 Å². The predicted octanol–water partition coefficient (Wildman–Crippen LogP) is 5.72. The molecule has 6 nitrogen and oxygen atoms in total. The van der Waals surface area contributed by atoms with Crippen molar-refractivity contribution >= 4 is 5.97 Å². The first-order valence-electron chi connectivity index (χ1n) is 12.8. The largest absolute Gasteiger partial charge is 0.442 e. The monoisotopic (exact) mass is 494 g/mol. The molecule has 5 rings (SSSR count). The molecule has 1 aromatic heterocycles. The summed E-state index contributed by atoms with van der Waals surface area (Å²) < 4.78 is 6.88. The highest BCUT2D eigenvalue weighted by atomic mass is 16.5. The van der Waals surface area contributed by atoms with Crippen LogP contribution in [0.15, 0.2) is 73.1 Å². The molecule has 0 bridgehead atoms. The summed E-state index contributed by atoms with van der Waals surface area (Å²) in [5.41, 5.74) is 8.14. The summed E-state index contributed by atoms with van der Waals surface area (Å²) in [6.07, 6.45) is 3.78. The molecule has 0 saturated carbocycles. The molecule has 0 atom stereocenters. The van der Waals surface area contributed by atoms with Crippen LogP contribution in [0.2, 0.25) is 0 Å². The number of rotatable bonds is 7.